The molecule has 0 unspecified atom stereocenters. The Balaban J connectivity index is 1.36. The number of pyridine rings is 1. The van der Waals surface area contributed by atoms with Crippen LogP contribution in [-0.2, 0) is 4.74 Å². The largest absolute Gasteiger partial charge is 0.378 e. The molecule has 6 heteroatoms. The van der Waals surface area contributed by atoms with Crippen molar-refractivity contribution in [3.05, 3.63) is 83.7 Å². The van der Waals surface area contributed by atoms with Gasteiger partial charge in [-0.05, 0) is 55.3 Å². The molecular weight excluding hydrogens is 400 g/mol. The summed E-state index contributed by atoms with van der Waals surface area (Å²) >= 11 is 0. The lowest BCUT2D eigenvalue weighted by Crippen LogP contribution is -2.37. The molecular formula is C26H26N4O2. The number of hydrogen-bond donors (Lipinski definition) is 1. The number of carbonyl (C=O) groups is 1. The number of hydrogen-bond acceptors (Lipinski definition) is 4. The molecule has 2 aromatic carbocycles. The predicted molar refractivity (Wildman–Crippen MR) is 128 cm³/mol. The summed E-state index contributed by atoms with van der Waals surface area (Å²) in [5.74, 6) is -0.109. The quantitative estimate of drug-likeness (QED) is 0.514. The minimum absolute atomic E-state index is 0.109. The van der Waals surface area contributed by atoms with Gasteiger partial charge in [0, 0.05) is 42.4 Å². The van der Waals surface area contributed by atoms with Crippen LogP contribution in [0.5, 0.6) is 0 Å². The van der Waals surface area contributed by atoms with Gasteiger partial charge in [-0.25, -0.2) is 4.98 Å². The summed E-state index contributed by atoms with van der Waals surface area (Å²) in [5.41, 5.74) is 7.54. The van der Waals surface area contributed by atoms with Crippen LogP contribution in [0.1, 0.15) is 21.5 Å². The molecule has 1 amide bonds. The first-order chi connectivity index (χ1) is 15.6. The van der Waals surface area contributed by atoms with Gasteiger partial charge in [0.25, 0.3) is 5.91 Å². The molecule has 1 saturated heterocycles. The maximum absolute atomic E-state index is 13.1. The number of fused-ring (bicyclic) bond motifs is 1. The van der Waals surface area contributed by atoms with Gasteiger partial charge in [-0.3, -0.25) is 4.79 Å². The monoisotopic (exact) mass is 426 g/mol. The zero-order valence-electron chi connectivity index (χ0n) is 18.3. The Hall–Kier alpha value is -3.64. The number of benzene rings is 2. The zero-order valence-corrected chi connectivity index (χ0v) is 18.3. The third kappa shape index (κ3) is 3.97. The molecule has 0 saturated carbocycles. The molecule has 5 rings (SSSR count). The van der Waals surface area contributed by atoms with E-state index in [4.69, 9.17) is 9.72 Å². The number of imidazole rings is 1. The first-order valence-corrected chi connectivity index (χ1v) is 10.9. The summed E-state index contributed by atoms with van der Waals surface area (Å²) in [6.07, 6.45) is 4.03. The third-order valence-electron chi connectivity index (χ3n) is 5.87. The molecule has 0 spiro atoms. The third-order valence-corrected chi connectivity index (χ3v) is 5.87. The highest BCUT2D eigenvalue weighted by molar-refractivity contribution is 6.08. The SMILES string of the molecule is Cc1ccc(C(=O)Nc2ccc(-c3cn4cccc(C)c4n3)cc2)c(N2CCOCC2)c1. The fourth-order valence-electron chi connectivity index (χ4n) is 4.12. The smallest absolute Gasteiger partial charge is 0.257 e. The summed E-state index contributed by atoms with van der Waals surface area (Å²) in [7, 11) is 0. The van der Waals surface area contributed by atoms with Crippen molar-refractivity contribution in [1.82, 2.24) is 9.38 Å². The summed E-state index contributed by atoms with van der Waals surface area (Å²) in [5, 5.41) is 3.05. The maximum Gasteiger partial charge on any atom is 0.257 e. The van der Waals surface area contributed by atoms with E-state index in [1.807, 2.05) is 66.2 Å². The number of nitrogens with zero attached hydrogens (tertiary/aromatic N) is 3. The van der Waals surface area contributed by atoms with Crippen molar-refractivity contribution < 1.29 is 9.53 Å². The number of amides is 1. The van der Waals surface area contributed by atoms with Gasteiger partial charge in [0.05, 0.1) is 24.5 Å². The normalized spacial score (nSPS) is 14.0. The lowest BCUT2D eigenvalue weighted by Gasteiger charge is -2.30. The van der Waals surface area contributed by atoms with E-state index in [0.717, 1.165) is 52.5 Å². The van der Waals surface area contributed by atoms with Crippen LogP contribution in [0, 0.1) is 13.8 Å². The van der Waals surface area contributed by atoms with Gasteiger partial charge in [-0.1, -0.05) is 24.3 Å². The molecule has 1 fully saturated rings. The second kappa shape index (κ2) is 8.48. The highest BCUT2D eigenvalue weighted by Crippen LogP contribution is 2.26. The van der Waals surface area contributed by atoms with Crippen LogP contribution in [0.3, 0.4) is 0 Å². The van der Waals surface area contributed by atoms with Crippen molar-refractivity contribution in [3.8, 4) is 11.3 Å². The van der Waals surface area contributed by atoms with Gasteiger partial charge in [0.15, 0.2) is 0 Å². The first-order valence-electron chi connectivity index (χ1n) is 10.9. The maximum atomic E-state index is 13.1. The Morgan fingerprint density at radius 1 is 1.03 bits per heavy atom. The first kappa shape index (κ1) is 20.3. The van der Waals surface area contributed by atoms with Crippen LogP contribution >= 0.6 is 0 Å². The van der Waals surface area contributed by atoms with E-state index in [2.05, 4.69) is 29.3 Å². The molecule has 32 heavy (non-hydrogen) atoms. The van der Waals surface area contributed by atoms with Crippen molar-refractivity contribution in [1.29, 1.82) is 0 Å². The van der Waals surface area contributed by atoms with Gasteiger partial charge >= 0.3 is 0 Å². The Labute approximate surface area is 187 Å². The topological polar surface area (TPSA) is 58.9 Å². The van der Waals surface area contributed by atoms with Crippen LogP contribution in [0.25, 0.3) is 16.9 Å². The van der Waals surface area contributed by atoms with Crippen LogP contribution in [-0.4, -0.2) is 41.6 Å². The average Bonchev–Trinajstić information content (AvgIpc) is 3.26. The summed E-state index contributed by atoms with van der Waals surface area (Å²) in [6, 6.07) is 17.9. The average molecular weight is 427 g/mol. The zero-order chi connectivity index (χ0) is 22.1. The van der Waals surface area contributed by atoms with E-state index in [1.165, 1.54) is 0 Å². The second-order valence-corrected chi connectivity index (χ2v) is 8.20. The van der Waals surface area contributed by atoms with E-state index in [-0.39, 0.29) is 5.91 Å². The van der Waals surface area contributed by atoms with Gasteiger partial charge in [-0.2, -0.15) is 0 Å². The molecule has 1 N–H and O–H groups in total. The molecule has 1 aliphatic rings. The van der Waals surface area contributed by atoms with Crippen molar-refractivity contribution in [2.24, 2.45) is 0 Å². The van der Waals surface area contributed by atoms with Crippen LogP contribution < -0.4 is 10.2 Å². The molecule has 4 aromatic rings. The Bertz CT molecular complexity index is 1270. The Kier molecular flexibility index (Phi) is 5.37. The van der Waals surface area contributed by atoms with E-state index >= 15 is 0 Å². The number of aromatic nitrogens is 2. The van der Waals surface area contributed by atoms with E-state index < -0.39 is 0 Å². The predicted octanol–water partition coefficient (Wildman–Crippen LogP) is 4.71. The lowest BCUT2D eigenvalue weighted by molar-refractivity contribution is 0.102. The van der Waals surface area contributed by atoms with E-state index in [1.54, 1.807) is 0 Å². The summed E-state index contributed by atoms with van der Waals surface area (Å²) < 4.78 is 7.50. The van der Waals surface area contributed by atoms with E-state index in [0.29, 0.717) is 18.8 Å². The van der Waals surface area contributed by atoms with Gasteiger partial charge in [0.2, 0.25) is 0 Å². The fraction of sp³-hybridized carbons (Fsp3) is 0.231. The molecule has 0 radical (unpaired) electrons. The summed E-state index contributed by atoms with van der Waals surface area (Å²) in [4.78, 5) is 20.1. The molecule has 0 bridgehead atoms. The molecule has 0 aliphatic carbocycles. The molecule has 2 aromatic heterocycles. The second-order valence-electron chi connectivity index (χ2n) is 8.20. The number of aryl methyl sites for hydroxylation is 2. The fourth-order valence-corrected chi connectivity index (χ4v) is 4.12. The highest BCUT2D eigenvalue weighted by atomic mass is 16.5. The Morgan fingerprint density at radius 2 is 1.81 bits per heavy atom. The minimum Gasteiger partial charge on any atom is -0.378 e. The minimum atomic E-state index is -0.109. The lowest BCUT2D eigenvalue weighted by atomic mass is 10.1. The number of carbonyl (C=O) groups excluding carboxylic acids is 1. The van der Waals surface area contributed by atoms with Crippen molar-refractivity contribution in [2.75, 3.05) is 36.5 Å². The Morgan fingerprint density at radius 3 is 2.56 bits per heavy atom. The highest BCUT2D eigenvalue weighted by Gasteiger charge is 2.19. The number of anilines is 2. The molecule has 0 atom stereocenters. The molecule has 1 aliphatic heterocycles. The van der Waals surface area contributed by atoms with Crippen molar-refractivity contribution in [3.63, 3.8) is 0 Å². The van der Waals surface area contributed by atoms with Crippen LogP contribution in [0.4, 0.5) is 11.4 Å². The standard InChI is InChI=1S/C26H26N4O2/c1-18-5-10-22(24(16-18)29-12-14-32-15-13-29)26(31)27-21-8-6-20(7-9-21)23-17-30-11-3-4-19(2)25(30)28-23/h3-11,16-17H,12-15H2,1-2H3,(H,27,31). The van der Waals surface area contributed by atoms with E-state index in [9.17, 15) is 4.79 Å². The number of rotatable bonds is 4. The van der Waals surface area contributed by atoms with Crippen molar-refractivity contribution in [2.45, 2.75) is 13.8 Å². The van der Waals surface area contributed by atoms with Crippen LogP contribution in [0.15, 0.2) is 67.0 Å². The van der Waals surface area contributed by atoms with Crippen molar-refractivity contribution >= 4 is 22.9 Å². The van der Waals surface area contributed by atoms with Gasteiger partial charge in [-0.15, -0.1) is 0 Å². The van der Waals surface area contributed by atoms with Crippen LogP contribution in [0.2, 0.25) is 0 Å². The molecule has 162 valence electrons. The van der Waals surface area contributed by atoms with Gasteiger partial charge < -0.3 is 19.4 Å². The number of morpholine rings is 1. The summed E-state index contributed by atoms with van der Waals surface area (Å²) in [6.45, 7) is 7.04. The molecule has 3 heterocycles. The number of ether oxygens (including phenoxy) is 1. The van der Waals surface area contributed by atoms with Gasteiger partial charge in [0.1, 0.15) is 5.65 Å². The molecule has 6 nitrogen and oxygen atoms in total. The number of nitrogens with one attached hydrogen (secondary N) is 1.